The number of halogens is 3. The standard InChI is InChI=1S/C18H16F3N5O6S3/c1-6-2-34-14-10(13(28)26(14)11(6)15(29)30)23-12(27)9(25-32-7-3-33-4-7)8-5-35-17(22-8)24-16(31)18(19,20)21/h5,7,10,14H,2-4H2,1H3,(H,23,27)(H,29,30)(H,22,24,31)/b25-9+/t10?,14-/m1/s1. The van der Waals surface area contributed by atoms with Gasteiger partial charge in [-0.2, -0.15) is 24.9 Å². The van der Waals surface area contributed by atoms with Crippen LogP contribution in [0.3, 0.4) is 0 Å². The van der Waals surface area contributed by atoms with Crippen LogP contribution >= 0.6 is 34.9 Å². The van der Waals surface area contributed by atoms with Crippen molar-refractivity contribution in [2.45, 2.75) is 30.6 Å². The van der Waals surface area contributed by atoms with E-state index in [9.17, 15) is 37.5 Å². The molecule has 1 aromatic heterocycles. The van der Waals surface area contributed by atoms with Crippen LogP contribution in [0, 0.1) is 0 Å². The molecule has 2 atom stereocenters. The molecule has 188 valence electrons. The maximum atomic E-state index is 13.0. The zero-order valence-corrected chi connectivity index (χ0v) is 20.1. The monoisotopic (exact) mass is 551 g/mol. The molecule has 0 bridgehead atoms. The molecule has 11 nitrogen and oxygen atoms in total. The number of carboxylic acid groups (broad SMARTS) is 1. The van der Waals surface area contributed by atoms with Crippen LogP contribution in [0.1, 0.15) is 12.6 Å². The smallest absolute Gasteiger partial charge is 0.471 e. The first-order valence-electron chi connectivity index (χ1n) is 9.81. The third-order valence-electron chi connectivity index (χ3n) is 4.99. The Hall–Kier alpha value is -2.79. The van der Waals surface area contributed by atoms with Crippen LogP contribution in [0.4, 0.5) is 18.3 Å². The Labute approximate surface area is 207 Å². The van der Waals surface area contributed by atoms with Crippen molar-refractivity contribution in [1.82, 2.24) is 15.2 Å². The first kappa shape index (κ1) is 25.3. The lowest BCUT2D eigenvalue weighted by molar-refractivity contribution is -0.167. The van der Waals surface area contributed by atoms with Gasteiger partial charge in [0.1, 0.15) is 28.9 Å². The largest absolute Gasteiger partial charge is 0.477 e. The number of aromatic nitrogens is 1. The van der Waals surface area contributed by atoms with E-state index in [1.807, 2.05) is 0 Å². The molecule has 0 spiro atoms. The van der Waals surface area contributed by atoms with Gasteiger partial charge in [-0.1, -0.05) is 5.16 Å². The van der Waals surface area contributed by atoms with Crippen molar-refractivity contribution in [3.63, 3.8) is 0 Å². The zero-order valence-electron chi connectivity index (χ0n) is 17.6. The SMILES string of the molecule is CC1=C(C(=O)O)N2C(=O)C(NC(=O)/C(=N/OC3CSC3)c3csc(NC(=O)C(F)(F)F)n3)[C@H]2SC1. The van der Waals surface area contributed by atoms with Gasteiger partial charge < -0.3 is 15.3 Å². The molecule has 4 rings (SSSR count). The minimum atomic E-state index is -5.12. The second-order valence-electron chi connectivity index (χ2n) is 7.49. The van der Waals surface area contributed by atoms with Crippen molar-refractivity contribution in [2.75, 3.05) is 22.6 Å². The highest BCUT2D eigenvalue weighted by Crippen LogP contribution is 2.40. The van der Waals surface area contributed by atoms with Gasteiger partial charge in [0.15, 0.2) is 10.8 Å². The molecule has 2 fully saturated rings. The summed E-state index contributed by atoms with van der Waals surface area (Å²) in [6.07, 6.45) is -5.40. The molecule has 4 heterocycles. The van der Waals surface area contributed by atoms with Crippen molar-refractivity contribution in [1.29, 1.82) is 0 Å². The molecule has 0 aromatic carbocycles. The van der Waals surface area contributed by atoms with Crippen LogP contribution in [0.2, 0.25) is 0 Å². The van der Waals surface area contributed by atoms with Gasteiger partial charge in [0.05, 0.1) is 0 Å². The van der Waals surface area contributed by atoms with E-state index in [-0.39, 0.29) is 17.5 Å². The maximum Gasteiger partial charge on any atom is 0.471 e. The molecule has 2 saturated heterocycles. The Morgan fingerprint density at radius 1 is 1.31 bits per heavy atom. The molecule has 0 saturated carbocycles. The Morgan fingerprint density at radius 2 is 2.03 bits per heavy atom. The minimum Gasteiger partial charge on any atom is -0.477 e. The third-order valence-corrected chi connectivity index (χ3v) is 8.39. The highest BCUT2D eigenvalue weighted by molar-refractivity contribution is 8.00. The maximum absolute atomic E-state index is 13.0. The summed E-state index contributed by atoms with van der Waals surface area (Å²) >= 11 is 3.50. The summed E-state index contributed by atoms with van der Waals surface area (Å²) < 4.78 is 37.6. The van der Waals surface area contributed by atoms with Crippen LogP contribution in [0.5, 0.6) is 0 Å². The van der Waals surface area contributed by atoms with E-state index in [1.165, 1.54) is 17.1 Å². The Balaban J connectivity index is 1.51. The first-order chi connectivity index (χ1) is 16.5. The number of oxime groups is 1. The fraction of sp³-hybridized carbons (Fsp3) is 0.444. The lowest BCUT2D eigenvalue weighted by Crippen LogP contribution is -2.71. The van der Waals surface area contributed by atoms with E-state index in [4.69, 9.17) is 4.84 Å². The summed E-state index contributed by atoms with van der Waals surface area (Å²) in [4.78, 5) is 58.6. The minimum absolute atomic E-state index is 0.131. The number of rotatable bonds is 7. The number of β-lactam (4-membered cyclic amide) rings is 1. The predicted molar refractivity (Wildman–Crippen MR) is 121 cm³/mol. The Bertz CT molecular complexity index is 1150. The number of nitrogens with one attached hydrogen (secondary N) is 2. The fourth-order valence-corrected chi connectivity index (χ4v) is 5.73. The van der Waals surface area contributed by atoms with Gasteiger partial charge in [-0.05, 0) is 12.5 Å². The number of hydrogen-bond acceptors (Lipinski definition) is 10. The summed E-state index contributed by atoms with van der Waals surface area (Å²) in [6, 6.07) is -1.05. The number of fused-ring (bicyclic) bond motifs is 1. The van der Waals surface area contributed by atoms with Gasteiger partial charge in [-0.3, -0.25) is 24.6 Å². The van der Waals surface area contributed by atoms with Crippen molar-refractivity contribution >= 4 is 69.4 Å². The summed E-state index contributed by atoms with van der Waals surface area (Å²) in [5, 5.41) is 17.5. The number of thioether (sulfide) groups is 2. The molecule has 35 heavy (non-hydrogen) atoms. The average Bonchev–Trinajstić information content (AvgIpc) is 3.20. The quantitative estimate of drug-likeness (QED) is 0.258. The molecule has 3 amide bonds. The summed E-state index contributed by atoms with van der Waals surface area (Å²) in [5.41, 5.74) is -0.183. The van der Waals surface area contributed by atoms with Crippen molar-refractivity contribution in [3.05, 3.63) is 22.3 Å². The number of carboxylic acids is 1. The number of carbonyl (C=O) groups is 4. The fourth-order valence-electron chi connectivity index (χ4n) is 3.20. The van der Waals surface area contributed by atoms with E-state index < -0.39 is 52.1 Å². The summed E-state index contributed by atoms with van der Waals surface area (Å²) in [7, 11) is 0. The van der Waals surface area contributed by atoms with Gasteiger partial charge >= 0.3 is 18.1 Å². The number of thiazole rings is 1. The third kappa shape index (κ3) is 5.11. The van der Waals surface area contributed by atoms with Crippen LogP contribution < -0.4 is 10.6 Å². The number of nitrogens with zero attached hydrogens (tertiary/aromatic N) is 3. The van der Waals surface area contributed by atoms with E-state index in [0.717, 1.165) is 4.90 Å². The number of amides is 3. The Morgan fingerprint density at radius 3 is 2.63 bits per heavy atom. The van der Waals surface area contributed by atoms with E-state index in [0.29, 0.717) is 34.2 Å². The lowest BCUT2D eigenvalue weighted by Gasteiger charge is -2.49. The summed E-state index contributed by atoms with van der Waals surface area (Å²) in [6.45, 7) is 1.60. The molecule has 3 N–H and O–H groups in total. The molecule has 1 unspecified atom stereocenters. The number of aliphatic carboxylic acids is 1. The molecule has 3 aliphatic rings. The van der Waals surface area contributed by atoms with E-state index in [2.05, 4.69) is 15.5 Å². The second-order valence-corrected chi connectivity index (χ2v) is 10.5. The van der Waals surface area contributed by atoms with E-state index in [1.54, 1.807) is 24.0 Å². The normalized spacial score (nSPS) is 22.7. The number of alkyl halides is 3. The van der Waals surface area contributed by atoms with Gasteiger partial charge in [-0.25, -0.2) is 9.78 Å². The van der Waals surface area contributed by atoms with E-state index >= 15 is 0 Å². The topological polar surface area (TPSA) is 150 Å². The molecule has 3 aliphatic heterocycles. The van der Waals surface area contributed by atoms with Crippen LogP contribution in [0.25, 0.3) is 0 Å². The second kappa shape index (κ2) is 9.69. The number of hydrogen-bond donors (Lipinski definition) is 3. The van der Waals surface area contributed by atoms with Crippen LogP contribution in [-0.2, 0) is 24.0 Å². The van der Waals surface area contributed by atoms with Crippen molar-refractivity contribution < 1.29 is 42.3 Å². The lowest BCUT2D eigenvalue weighted by atomic mass is 10.0. The predicted octanol–water partition coefficient (Wildman–Crippen LogP) is 1.24. The first-order valence-corrected chi connectivity index (χ1v) is 12.9. The van der Waals surface area contributed by atoms with Crippen molar-refractivity contribution in [2.24, 2.45) is 5.16 Å². The number of anilines is 1. The van der Waals surface area contributed by atoms with Crippen LogP contribution in [0.15, 0.2) is 21.8 Å². The zero-order chi connectivity index (χ0) is 25.5. The highest BCUT2D eigenvalue weighted by Gasteiger charge is 2.54. The van der Waals surface area contributed by atoms with Gasteiger partial charge in [0.2, 0.25) is 0 Å². The van der Waals surface area contributed by atoms with Crippen molar-refractivity contribution in [3.8, 4) is 0 Å². The number of carbonyl (C=O) groups excluding carboxylic acids is 3. The van der Waals surface area contributed by atoms with Gasteiger partial charge in [0, 0.05) is 22.6 Å². The molecule has 0 aliphatic carbocycles. The van der Waals surface area contributed by atoms with Gasteiger partial charge in [-0.15, -0.1) is 23.1 Å². The highest BCUT2D eigenvalue weighted by atomic mass is 32.2. The average molecular weight is 552 g/mol. The molecule has 17 heteroatoms. The van der Waals surface area contributed by atoms with Crippen LogP contribution in [-0.4, -0.2) is 85.3 Å². The molecular weight excluding hydrogens is 535 g/mol. The van der Waals surface area contributed by atoms with Gasteiger partial charge in [0.25, 0.3) is 11.8 Å². The molecule has 1 aromatic rings. The molecular formula is C18H16F3N5O6S3. The molecule has 0 radical (unpaired) electrons. The summed E-state index contributed by atoms with van der Waals surface area (Å²) in [5.74, 6) is -3.40. The Kier molecular flexibility index (Phi) is 7.01.